The molecule has 1 unspecified atom stereocenters. The van der Waals surface area contributed by atoms with Crippen molar-refractivity contribution in [3.05, 3.63) is 75.0 Å². The summed E-state index contributed by atoms with van der Waals surface area (Å²) in [7, 11) is 1.55. The largest absolute Gasteiger partial charge is 0.504 e. The third-order valence-electron chi connectivity index (χ3n) is 13.7. The van der Waals surface area contributed by atoms with Crippen molar-refractivity contribution >= 4 is 34.7 Å². The third kappa shape index (κ3) is 4.39. The number of esters is 2. The molecule has 0 aliphatic carbocycles. The van der Waals surface area contributed by atoms with Crippen molar-refractivity contribution < 1.29 is 53.0 Å². The van der Waals surface area contributed by atoms with Crippen LogP contribution in [0.3, 0.4) is 0 Å². The number of aryl methyl sites for hydroxylation is 1. The van der Waals surface area contributed by atoms with Crippen LogP contribution in [-0.4, -0.2) is 94.3 Å². The molecule has 8 aliphatic rings. The van der Waals surface area contributed by atoms with Crippen LogP contribution < -0.4 is 24.3 Å². The monoisotopic (exact) mass is 797 g/mol. The van der Waals surface area contributed by atoms with Crippen LogP contribution in [0.1, 0.15) is 82.3 Å². The number of thioether (sulfide) groups is 1. The number of hydrogen-bond donors (Lipinski definition) is 4. The fraction of sp³-hybridized carbons (Fsp3) is 0.476. The molecule has 1 spiro atoms. The molecule has 3 aromatic carbocycles. The van der Waals surface area contributed by atoms with Gasteiger partial charge in [-0.05, 0) is 56.9 Å². The van der Waals surface area contributed by atoms with Crippen LogP contribution in [0.15, 0.2) is 34.7 Å². The number of hydrogen-bond acceptors (Lipinski definition) is 15. The minimum Gasteiger partial charge on any atom is -0.504 e. The number of para-hydroxylation sites is 1. The van der Waals surface area contributed by atoms with Gasteiger partial charge in [-0.3, -0.25) is 19.9 Å². The number of aromatic hydroxyl groups is 1. The second kappa shape index (κ2) is 12.0. The summed E-state index contributed by atoms with van der Waals surface area (Å²) < 4.78 is 37.3. The number of benzene rings is 3. The second-order valence-corrected chi connectivity index (χ2v) is 17.7. The Morgan fingerprint density at radius 3 is 2.67 bits per heavy atom. The maximum Gasteiger partial charge on any atom is 0.335 e. The molecule has 0 radical (unpaired) electrons. The lowest BCUT2D eigenvalue weighted by molar-refractivity contribution is -0.249. The van der Waals surface area contributed by atoms with Gasteiger partial charge >= 0.3 is 11.9 Å². The number of nitrogens with zero attached hydrogens (tertiary/aromatic N) is 2. The summed E-state index contributed by atoms with van der Waals surface area (Å²) in [5.74, 6) is 1.06. The van der Waals surface area contributed by atoms with E-state index in [1.807, 2.05) is 43.0 Å². The van der Waals surface area contributed by atoms with E-state index in [4.69, 9.17) is 28.1 Å². The molecule has 57 heavy (non-hydrogen) atoms. The Morgan fingerprint density at radius 2 is 1.89 bits per heavy atom. The molecule has 4 aromatic rings. The van der Waals surface area contributed by atoms with Crippen molar-refractivity contribution in [3.8, 4) is 28.7 Å². The molecule has 8 aliphatic heterocycles. The highest BCUT2D eigenvalue weighted by Gasteiger charge is 2.71. The Balaban J connectivity index is 1.18. The van der Waals surface area contributed by atoms with Crippen LogP contribution in [0.2, 0.25) is 0 Å². The molecule has 12 rings (SSSR count). The minimum absolute atomic E-state index is 0.0537. The number of methoxy groups -OCH3 is 1. The lowest BCUT2D eigenvalue weighted by Crippen LogP contribution is -2.75. The zero-order chi connectivity index (χ0) is 39.4. The SMILES string of the molecule is COc1c(C)cc2c(c1O)[C@@H]1C3[C@@H]4SC[C@]5(N[C@H](CO)Cc6c5oc5ccccc65)C(=O)OC[C@@H](c5c6c(c(C)c(OC(C)=O)c54)OCO6)N3[C@@H](O)[C@@H]3C[C@@]2(C)N13. The topological polar surface area (TPSA) is 173 Å². The zero-order valence-corrected chi connectivity index (χ0v) is 32.9. The highest BCUT2D eigenvalue weighted by molar-refractivity contribution is 7.99. The summed E-state index contributed by atoms with van der Waals surface area (Å²) in [6.07, 6.45) is 0.0446. The van der Waals surface area contributed by atoms with Gasteiger partial charge in [0.05, 0.1) is 37.1 Å². The summed E-state index contributed by atoms with van der Waals surface area (Å²) in [6.45, 7) is 6.75. The number of carbonyl (C=O) groups is 2. The van der Waals surface area contributed by atoms with Gasteiger partial charge in [0.1, 0.15) is 29.9 Å². The van der Waals surface area contributed by atoms with E-state index in [-0.39, 0.29) is 37.6 Å². The van der Waals surface area contributed by atoms with Crippen molar-refractivity contribution in [2.24, 2.45) is 0 Å². The van der Waals surface area contributed by atoms with E-state index < -0.39 is 58.7 Å². The summed E-state index contributed by atoms with van der Waals surface area (Å²) in [5.41, 5.74) is 3.82. The molecular weight excluding hydrogens is 755 g/mol. The first kappa shape index (κ1) is 35.6. The van der Waals surface area contributed by atoms with Gasteiger partial charge in [0.15, 0.2) is 28.5 Å². The van der Waals surface area contributed by atoms with Crippen molar-refractivity contribution in [2.45, 2.75) is 93.3 Å². The number of aliphatic hydroxyl groups is 2. The first-order valence-corrected chi connectivity index (χ1v) is 20.5. The molecule has 9 atom stereocenters. The number of phenols is 1. The first-order chi connectivity index (χ1) is 27.4. The van der Waals surface area contributed by atoms with Gasteiger partial charge in [0, 0.05) is 63.5 Å². The van der Waals surface area contributed by atoms with Crippen LogP contribution in [0.25, 0.3) is 11.0 Å². The maximum atomic E-state index is 14.9. The van der Waals surface area contributed by atoms with Crippen molar-refractivity contribution in [3.63, 3.8) is 0 Å². The molecule has 9 heterocycles. The molecular formula is C42H43N3O11S. The number of ether oxygens (including phenoxy) is 5. The number of rotatable bonds is 3. The van der Waals surface area contributed by atoms with Gasteiger partial charge in [0.25, 0.3) is 0 Å². The lowest BCUT2D eigenvalue weighted by atomic mass is 9.72. The average Bonchev–Trinajstić information content (AvgIpc) is 3.88. The normalized spacial score (nSPS) is 33.2. The van der Waals surface area contributed by atoms with Gasteiger partial charge in [-0.25, -0.2) is 4.79 Å². The molecule has 1 aromatic heterocycles. The highest BCUT2D eigenvalue weighted by atomic mass is 32.2. The highest BCUT2D eigenvalue weighted by Crippen LogP contribution is 2.70. The predicted octanol–water partition coefficient (Wildman–Crippen LogP) is 4.25. The number of aliphatic hydroxyl groups excluding tert-OH is 2. The fourth-order valence-corrected chi connectivity index (χ4v) is 13.2. The number of furan rings is 1. The van der Waals surface area contributed by atoms with Crippen LogP contribution in [-0.2, 0) is 31.8 Å². The number of fused-ring (bicyclic) bond motifs is 10. The summed E-state index contributed by atoms with van der Waals surface area (Å²) in [4.78, 5) is 32.3. The number of piperazine rings is 1. The Labute approximate surface area is 331 Å². The summed E-state index contributed by atoms with van der Waals surface area (Å²) in [5, 5.41) is 39.2. The minimum atomic E-state index is -1.53. The summed E-state index contributed by atoms with van der Waals surface area (Å²) >= 11 is 1.45. The van der Waals surface area contributed by atoms with Crippen LogP contribution in [0, 0.1) is 13.8 Å². The van der Waals surface area contributed by atoms with E-state index >= 15 is 0 Å². The molecule has 0 amide bonds. The maximum absolute atomic E-state index is 14.9. The molecule has 0 saturated carbocycles. The Bertz CT molecular complexity index is 2450. The standard InChI is InChI=1S/C42H43N3O11S/c1-17-10-23-27(32(48)33(17)51-5)30-31-37-29-28(36-35(53-16-54-36)18(2)34(29)55-19(3)47)25(44(31)39(49)24-12-41(23,4)45(24)30)14-52-40(50)42(15-57-37)38-22(11-20(13-46)43-42)21-8-6-7-9-26(21)56-38/h6-10,20,24-25,30-31,37,39,43,46,48-49H,11-16H2,1-5H3/t20-,24-,25-,30+,31?,37+,39-,41+,42+/m0/s1. The smallest absolute Gasteiger partial charge is 0.335 e. The van der Waals surface area contributed by atoms with Gasteiger partial charge < -0.3 is 43.4 Å². The Hall–Kier alpha value is -4.51. The number of nitrogens with one attached hydrogen (secondary N) is 1. The molecule has 15 heteroatoms. The zero-order valence-electron chi connectivity index (χ0n) is 32.1. The van der Waals surface area contributed by atoms with Crippen molar-refractivity contribution in [1.29, 1.82) is 0 Å². The van der Waals surface area contributed by atoms with Crippen LogP contribution >= 0.6 is 11.8 Å². The molecule has 3 fully saturated rings. The first-order valence-electron chi connectivity index (χ1n) is 19.4. The average molecular weight is 798 g/mol. The molecule has 2 bridgehead atoms. The lowest BCUT2D eigenvalue weighted by Gasteiger charge is -2.67. The summed E-state index contributed by atoms with van der Waals surface area (Å²) in [6, 6.07) is 7.06. The number of carbonyl (C=O) groups excluding carboxylic acids is 2. The quantitative estimate of drug-likeness (QED) is 0.171. The van der Waals surface area contributed by atoms with Gasteiger partial charge in [-0.15, -0.1) is 11.8 Å². The van der Waals surface area contributed by atoms with Crippen molar-refractivity contribution in [1.82, 2.24) is 15.1 Å². The van der Waals surface area contributed by atoms with E-state index in [0.717, 1.165) is 27.6 Å². The third-order valence-corrected chi connectivity index (χ3v) is 15.2. The van der Waals surface area contributed by atoms with Crippen LogP contribution in [0.5, 0.6) is 28.7 Å². The number of phenolic OH excluding ortho intramolecular Hbond substituents is 1. The second-order valence-electron chi connectivity index (χ2n) is 16.6. The van der Waals surface area contributed by atoms with E-state index in [9.17, 15) is 24.9 Å². The van der Waals surface area contributed by atoms with Crippen molar-refractivity contribution in [2.75, 3.05) is 32.9 Å². The van der Waals surface area contributed by atoms with E-state index in [1.54, 1.807) is 7.11 Å². The van der Waals surface area contributed by atoms with E-state index in [1.165, 1.54) is 18.7 Å². The fourth-order valence-electron chi connectivity index (χ4n) is 11.5. The van der Waals surface area contributed by atoms with Gasteiger partial charge in [-0.1, -0.05) is 18.2 Å². The van der Waals surface area contributed by atoms with E-state index in [2.05, 4.69) is 23.2 Å². The molecule has 14 nitrogen and oxygen atoms in total. The molecule has 298 valence electrons. The van der Waals surface area contributed by atoms with Gasteiger partial charge in [-0.2, -0.15) is 0 Å². The Kier molecular flexibility index (Phi) is 7.52. The molecule has 4 N–H and O–H groups in total. The van der Waals surface area contributed by atoms with Crippen LogP contribution in [0.4, 0.5) is 0 Å². The Morgan fingerprint density at radius 1 is 1.11 bits per heavy atom. The molecule has 3 saturated heterocycles. The van der Waals surface area contributed by atoms with E-state index in [0.29, 0.717) is 63.9 Å². The van der Waals surface area contributed by atoms with Gasteiger partial charge in [0.2, 0.25) is 6.79 Å². The predicted molar refractivity (Wildman–Crippen MR) is 204 cm³/mol.